The summed E-state index contributed by atoms with van der Waals surface area (Å²) in [4.78, 5) is 21.5. The van der Waals surface area contributed by atoms with Crippen LogP contribution in [0.2, 0.25) is 0 Å². The maximum absolute atomic E-state index is 12.8. The first-order valence-corrected chi connectivity index (χ1v) is 7.86. The average Bonchev–Trinajstić information content (AvgIpc) is 2.61. The second-order valence-corrected chi connectivity index (χ2v) is 5.92. The molecule has 1 N–H and O–H groups in total. The molecule has 0 saturated carbocycles. The number of non-ortho nitro benzene ring substituents is 1. The summed E-state index contributed by atoms with van der Waals surface area (Å²) in [5.74, 6) is -3.39. The molecule has 0 unspecified atom stereocenters. The Morgan fingerprint density at radius 1 is 1.07 bits per heavy atom. The van der Waals surface area contributed by atoms with Crippen LogP contribution >= 0.6 is 15.9 Å². The normalized spacial score (nSPS) is 12.7. The summed E-state index contributed by atoms with van der Waals surface area (Å²) < 4.78 is 39.1. The van der Waals surface area contributed by atoms with E-state index < -0.39 is 28.3 Å². The highest BCUT2D eigenvalue weighted by molar-refractivity contribution is 9.10. The van der Waals surface area contributed by atoms with Gasteiger partial charge in [-0.25, -0.2) is 0 Å². The van der Waals surface area contributed by atoms with Gasteiger partial charge in [0.25, 0.3) is 11.5 Å². The zero-order chi connectivity index (χ0) is 20.2. The van der Waals surface area contributed by atoms with Gasteiger partial charge in [0.15, 0.2) is 11.5 Å². The van der Waals surface area contributed by atoms with Crippen LogP contribution in [0, 0.1) is 10.1 Å². The molecule has 140 valence electrons. The summed E-state index contributed by atoms with van der Waals surface area (Å²) in [7, 11) is 0. The van der Waals surface area contributed by atoms with Gasteiger partial charge in [-0.2, -0.15) is 18.3 Å². The van der Waals surface area contributed by atoms with Gasteiger partial charge in [0.1, 0.15) is 0 Å². The summed E-state index contributed by atoms with van der Waals surface area (Å²) in [6.07, 6.45) is -5.28. The van der Waals surface area contributed by atoms with Crippen molar-refractivity contribution in [2.45, 2.75) is 6.18 Å². The number of allylic oxidation sites excluding steroid dienone is 1. The zero-order valence-corrected chi connectivity index (χ0v) is 14.7. The molecule has 0 aromatic heterocycles. The number of Topliss-reactive ketones (excluding diaryl/α,β-unsaturated/α-hetero) is 1. The molecule has 0 saturated heterocycles. The van der Waals surface area contributed by atoms with Crippen LogP contribution in [0.25, 0.3) is 5.76 Å². The summed E-state index contributed by atoms with van der Waals surface area (Å²) in [5.41, 5.74) is -1.68. The van der Waals surface area contributed by atoms with Gasteiger partial charge in [0.05, 0.1) is 10.6 Å². The van der Waals surface area contributed by atoms with Crippen LogP contribution < -0.4 is 0 Å². The molecule has 0 atom stereocenters. The Labute approximate surface area is 158 Å². The monoisotopic (exact) mass is 443 g/mol. The lowest BCUT2D eigenvalue weighted by Crippen LogP contribution is -2.24. The second-order valence-electron chi connectivity index (χ2n) is 5.00. The van der Waals surface area contributed by atoms with Crippen molar-refractivity contribution >= 4 is 38.8 Å². The van der Waals surface area contributed by atoms with E-state index in [1.54, 1.807) is 0 Å². The van der Waals surface area contributed by atoms with Crippen molar-refractivity contribution < 1.29 is 28.0 Å². The number of ketones is 1. The van der Waals surface area contributed by atoms with Gasteiger partial charge >= 0.3 is 6.18 Å². The fraction of sp³-hybridized carbons (Fsp3) is 0.0625. The molecular weight excluding hydrogens is 435 g/mol. The lowest BCUT2D eigenvalue weighted by atomic mass is 10.1. The molecule has 7 nitrogen and oxygen atoms in total. The Bertz CT molecular complexity index is 923. The fourth-order valence-electron chi connectivity index (χ4n) is 1.83. The predicted molar refractivity (Wildman–Crippen MR) is 92.4 cm³/mol. The maximum atomic E-state index is 12.8. The number of nitrogens with zero attached hydrogens (tertiary/aromatic N) is 3. The molecule has 0 heterocycles. The number of nitro benzene ring substituents is 1. The van der Waals surface area contributed by atoms with Crippen LogP contribution in [0.1, 0.15) is 5.56 Å². The molecule has 0 radical (unpaired) electrons. The number of carbonyl (C=O) groups excluding carboxylic acids is 1. The molecule has 0 amide bonds. The van der Waals surface area contributed by atoms with Gasteiger partial charge in [-0.1, -0.05) is 28.1 Å². The van der Waals surface area contributed by atoms with Gasteiger partial charge in [-0.05, 0) is 24.3 Å². The predicted octanol–water partition coefficient (Wildman–Crippen LogP) is 5.50. The molecule has 0 fully saturated rings. The number of rotatable bonds is 5. The number of azo groups is 1. The SMILES string of the molecule is O=C(/C(N=Nc1ccc([N+](=O)[O-])cc1)=C(\O)c1ccc(Br)cc1)C(F)(F)F. The number of aliphatic hydroxyl groups excluding tert-OH is 1. The van der Waals surface area contributed by atoms with Gasteiger partial charge < -0.3 is 5.11 Å². The largest absolute Gasteiger partial charge is 0.505 e. The Morgan fingerprint density at radius 3 is 2.11 bits per heavy atom. The van der Waals surface area contributed by atoms with Crippen LogP contribution in [0.3, 0.4) is 0 Å². The molecule has 27 heavy (non-hydrogen) atoms. The molecule has 0 bridgehead atoms. The highest BCUT2D eigenvalue weighted by atomic mass is 79.9. The number of hydrogen-bond donors (Lipinski definition) is 1. The number of aliphatic hydroxyl groups is 1. The van der Waals surface area contributed by atoms with Crippen LogP contribution in [-0.2, 0) is 4.79 Å². The summed E-state index contributed by atoms with van der Waals surface area (Å²) in [6.45, 7) is 0. The minimum atomic E-state index is -5.28. The van der Waals surface area contributed by atoms with Crippen LogP contribution in [0.15, 0.2) is 68.9 Å². The van der Waals surface area contributed by atoms with E-state index in [-0.39, 0.29) is 16.9 Å². The van der Waals surface area contributed by atoms with Gasteiger partial charge in [0, 0.05) is 22.2 Å². The maximum Gasteiger partial charge on any atom is 0.456 e. The van der Waals surface area contributed by atoms with E-state index in [0.29, 0.717) is 4.47 Å². The Kier molecular flexibility index (Phi) is 6.05. The third-order valence-electron chi connectivity index (χ3n) is 3.14. The first-order valence-electron chi connectivity index (χ1n) is 7.06. The molecule has 0 aliphatic rings. The van der Waals surface area contributed by atoms with Crippen LogP contribution in [0.5, 0.6) is 0 Å². The van der Waals surface area contributed by atoms with Crippen molar-refractivity contribution in [1.29, 1.82) is 0 Å². The Morgan fingerprint density at radius 2 is 1.63 bits per heavy atom. The highest BCUT2D eigenvalue weighted by Crippen LogP contribution is 2.28. The number of hydrogen-bond acceptors (Lipinski definition) is 6. The second kappa shape index (κ2) is 8.08. The molecule has 2 rings (SSSR count). The number of nitro groups is 1. The average molecular weight is 444 g/mol. The van der Waals surface area contributed by atoms with E-state index in [1.807, 2.05) is 0 Å². The van der Waals surface area contributed by atoms with E-state index in [4.69, 9.17) is 0 Å². The lowest BCUT2D eigenvalue weighted by Gasteiger charge is -2.08. The molecule has 11 heteroatoms. The standard InChI is InChI=1S/C16H9BrF3N3O4/c17-10-3-1-9(2-4-10)14(24)13(15(25)16(18,19)20)22-21-11-5-7-12(8-6-11)23(26)27/h1-8,24H/b14-13+,22-21?. The van der Waals surface area contributed by atoms with E-state index in [2.05, 4.69) is 26.2 Å². The number of alkyl halides is 3. The van der Waals surface area contributed by atoms with E-state index in [1.165, 1.54) is 24.3 Å². The topological polar surface area (TPSA) is 105 Å². The number of halogens is 4. The van der Waals surface area contributed by atoms with Crippen molar-refractivity contribution in [1.82, 2.24) is 0 Å². The quantitative estimate of drug-likeness (QED) is 0.216. The summed E-state index contributed by atoms with van der Waals surface area (Å²) in [6, 6.07) is 9.87. The van der Waals surface area contributed by atoms with Crippen molar-refractivity contribution in [3.63, 3.8) is 0 Å². The third kappa shape index (κ3) is 5.20. The number of carbonyl (C=O) groups is 1. The molecule has 2 aromatic rings. The minimum Gasteiger partial charge on any atom is -0.505 e. The summed E-state index contributed by atoms with van der Waals surface area (Å²) in [5, 5.41) is 27.4. The summed E-state index contributed by atoms with van der Waals surface area (Å²) >= 11 is 3.14. The number of benzene rings is 2. The minimum absolute atomic E-state index is 0.0447. The first-order chi connectivity index (χ1) is 12.6. The molecule has 0 aliphatic carbocycles. The van der Waals surface area contributed by atoms with Crippen LogP contribution in [-0.4, -0.2) is 22.0 Å². The van der Waals surface area contributed by atoms with Gasteiger partial charge in [-0.3, -0.25) is 14.9 Å². The third-order valence-corrected chi connectivity index (χ3v) is 3.67. The van der Waals surface area contributed by atoms with Crippen LogP contribution in [0.4, 0.5) is 24.5 Å². The lowest BCUT2D eigenvalue weighted by molar-refractivity contribution is -0.384. The highest BCUT2D eigenvalue weighted by Gasteiger charge is 2.43. The molecule has 2 aromatic carbocycles. The van der Waals surface area contributed by atoms with Crippen molar-refractivity contribution in [2.75, 3.05) is 0 Å². The van der Waals surface area contributed by atoms with E-state index in [9.17, 15) is 33.2 Å². The molecular formula is C16H9BrF3N3O4. The van der Waals surface area contributed by atoms with Gasteiger partial charge in [0.2, 0.25) is 0 Å². The molecule has 0 spiro atoms. The van der Waals surface area contributed by atoms with E-state index >= 15 is 0 Å². The first kappa shape index (κ1) is 20.2. The van der Waals surface area contributed by atoms with Gasteiger partial charge in [-0.15, -0.1) is 5.11 Å². The zero-order valence-electron chi connectivity index (χ0n) is 13.1. The Balaban J connectivity index is 2.46. The smallest absolute Gasteiger partial charge is 0.456 e. The Hall–Kier alpha value is -3.08. The van der Waals surface area contributed by atoms with Crippen molar-refractivity contribution in [3.05, 3.63) is 74.4 Å². The van der Waals surface area contributed by atoms with Crippen molar-refractivity contribution in [3.8, 4) is 0 Å². The van der Waals surface area contributed by atoms with E-state index in [0.717, 1.165) is 24.3 Å². The molecule has 0 aliphatic heterocycles. The fourth-order valence-corrected chi connectivity index (χ4v) is 2.09. The van der Waals surface area contributed by atoms with Crippen molar-refractivity contribution in [2.24, 2.45) is 10.2 Å².